The molecular weight excluding hydrogens is 534 g/mol. The maximum atomic E-state index is 13.3. The fourth-order valence-corrected chi connectivity index (χ4v) is 5.04. The molecule has 1 N–H and O–H groups in total. The van der Waals surface area contributed by atoms with Crippen molar-refractivity contribution in [1.82, 2.24) is 9.88 Å². The number of ether oxygens (including phenoxy) is 2. The first-order valence-corrected chi connectivity index (χ1v) is 13.5. The van der Waals surface area contributed by atoms with Crippen LogP contribution in [0.25, 0.3) is 11.1 Å². The first-order chi connectivity index (χ1) is 19.1. The molecule has 0 aliphatic carbocycles. The molecule has 0 spiro atoms. The van der Waals surface area contributed by atoms with E-state index in [0.717, 1.165) is 11.1 Å². The van der Waals surface area contributed by atoms with Crippen molar-refractivity contribution >= 4 is 35.1 Å². The first kappa shape index (κ1) is 27.5. The van der Waals surface area contributed by atoms with E-state index in [1.807, 2.05) is 30.3 Å². The number of aromatic nitrogens is 1. The minimum Gasteiger partial charge on any atom is -0.492 e. The summed E-state index contributed by atoms with van der Waals surface area (Å²) in [6, 6.07) is 16.3. The highest BCUT2D eigenvalue weighted by atomic mass is 35.5. The number of pyridine rings is 1. The highest BCUT2D eigenvalue weighted by molar-refractivity contribution is 6.30. The second kappa shape index (κ2) is 11.2. The van der Waals surface area contributed by atoms with Gasteiger partial charge in [-0.15, -0.1) is 0 Å². The van der Waals surface area contributed by atoms with Gasteiger partial charge in [-0.1, -0.05) is 41.9 Å². The van der Waals surface area contributed by atoms with Crippen LogP contribution in [-0.2, 0) is 9.59 Å². The van der Waals surface area contributed by atoms with Crippen molar-refractivity contribution in [3.8, 4) is 22.8 Å². The SMILES string of the molecule is CC(C)(COc1ccccc1-c1ccc(C(=O)N2CCC(N3C(=O)COc4ncc(Cl)cc43)CC2)cc1)C(=O)O. The fraction of sp³-hybridized carbons (Fsp3) is 0.333. The summed E-state index contributed by atoms with van der Waals surface area (Å²) < 4.78 is 11.3. The Morgan fingerprint density at radius 2 is 1.82 bits per heavy atom. The Morgan fingerprint density at radius 1 is 1.12 bits per heavy atom. The van der Waals surface area contributed by atoms with Gasteiger partial charge >= 0.3 is 5.97 Å². The van der Waals surface area contributed by atoms with Crippen molar-refractivity contribution in [1.29, 1.82) is 0 Å². The van der Waals surface area contributed by atoms with Crippen LogP contribution in [0.5, 0.6) is 11.6 Å². The molecule has 40 heavy (non-hydrogen) atoms. The average Bonchev–Trinajstić information content (AvgIpc) is 2.96. The van der Waals surface area contributed by atoms with Crippen molar-refractivity contribution in [2.24, 2.45) is 5.41 Å². The Bertz CT molecular complexity index is 1430. The molecule has 5 rings (SSSR count). The van der Waals surface area contributed by atoms with Crippen LogP contribution < -0.4 is 14.4 Å². The fourth-order valence-electron chi connectivity index (χ4n) is 4.89. The molecule has 2 amide bonds. The van der Waals surface area contributed by atoms with E-state index < -0.39 is 11.4 Å². The number of halogens is 1. The maximum absolute atomic E-state index is 13.3. The number of aliphatic carboxylic acids is 1. The summed E-state index contributed by atoms with van der Waals surface area (Å²) in [4.78, 5) is 45.2. The second-order valence-corrected chi connectivity index (χ2v) is 11.0. The van der Waals surface area contributed by atoms with Crippen molar-refractivity contribution in [3.05, 3.63) is 71.4 Å². The molecule has 1 saturated heterocycles. The van der Waals surface area contributed by atoms with Gasteiger partial charge in [-0.2, -0.15) is 0 Å². The highest BCUT2D eigenvalue weighted by Gasteiger charge is 2.35. The lowest BCUT2D eigenvalue weighted by Crippen LogP contribution is -2.51. The predicted octanol–water partition coefficient (Wildman–Crippen LogP) is 4.92. The van der Waals surface area contributed by atoms with Crippen LogP contribution >= 0.6 is 11.6 Å². The number of amides is 2. The van der Waals surface area contributed by atoms with Crippen molar-refractivity contribution in [2.45, 2.75) is 32.7 Å². The van der Waals surface area contributed by atoms with E-state index in [4.69, 9.17) is 21.1 Å². The Balaban J connectivity index is 1.24. The highest BCUT2D eigenvalue weighted by Crippen LogP contribution is 2.36. The zero-order valence-corrected chi connectivity index (χ0v) is 23.1. The monoisotopic (exact) mass is 563 g/mol. The van der Waals surface area contributed by atoms with E-state index in [9.17, 15) is 19.5 Å². The van der Waals surface area contributed by atoms with E-state index in [1.165, 1.54) is 6.20 Å². The summed E-state index contributed by atoms with van der Waals surface area (Å²) in [5.74, 6) is -0.183. The third kappa shape index (κ3) is 5.60. The van der Waals surface area contributed by atoms with E-state index in [1.54, 1.807) is 47.9 Å². The standard InChI is InChI=1S/C30H30ClN3O6/c1-30(2,29(37)38)18-40-25-6-4-3-5-23(25)19-7-9-20(10-8-19)28(36)33-13-11-22(12-14-33)34-24-15-21(31)16-32-27(24)39-17-26(34)35/h3-10,15-16,22H,11-14,17-18H2,1-2H3,(H,37,38). The number of rotatable bonds is 7. The number of carboxylic acids is 1. The van der Waals surface area contributed by atoms with Crippen LogP contribution in [0.1, 0.15) is 37.0 Å². The Hall–Kier alpha value is -4.11. The van der Waals surface area contributed by atoms with E-state index in [-0.39, 0.29) is 31.1 Å². The molecule has 208 valence electrons. The number of hydrogen-bond donors (Lipinski definition) is 1. The first-order valence-electron chi connectivity index (χ1n) is 13.1. The number of para-hydroxylation sites is 1. The molecule has 0 atom stereocenters. The van der Waals surface area contributed by atoms with Crippen molar-refractivity contribution < 1.29 is 29.0 Å². The molecule has 0 bridgehead atoms. The van der Waals surface area contributed by atoms with Gasteiger partial charge in [0.05, 0.1) is 10.4 Å². The molecule has 2 aromatic carbocycles. The lowest BCUT2D eigenvalue weighted by atomic mass is 9.95. The van der Waals surface area contributed by atoms with Crippen LogP contribution in [-0.4, -0.2) is 65.1 Å². The van der Waals surface area contributed by atoms with Gasteiger partial charge in [0.1, 0.15) is 18.0 Å². The molecule has 1 aromatic heterocycles. The minimum atomic E-state index is -1.03. The number of likely N-dealkylation sites (tertiary alicyclic amines) is 1. The molecule has 0 unspecified atom stereocenters. The molecule has 0 radical (unpaired) electrons. The Kier molecular flexibility index (Phi) is 7.67. The summed E-state index contributed by atoms with van der Waals surface area (Å²) in [5, 5.41) is 9.82. The number of carbonyl (C=O) groups is 3. The molecule has 2 aliphatic heterocycles. The molecule has 10 heteroatoms. The number of benzene rings is 2. The molecule has 3 aromatic rings. The lowest BCUT2D eigenvalue weighted by Gasteiger charge is -2.40. The third-order valence-corrected chi connectivity index (χ3v) is 7.48. The Morgan fingerprint density at radius 3 is 2.52 bits per heavy atom. The smallest absolute Gasteiger partial charge is 0.312 e. The number of piperidine rings is 1. The van der Waals surface area contributed by atoms with Gasteiger partial charge in [0.2, 0.25) is 5.88 Å². The Labute approximate surface area is 237 Å². The van der Waals surface area contributed by atoms with E-state index in [0.29, 0.717) is 53.8 Å². The summed E-state index contributed by atoms with van der Waals surface area (Å²) in [6.07, 6.45) is 2.74. The number of fused-ring (bicyclic) bond motifs is 1. The lowest BCUT2D eigenvalue weighted by molar-refractivity contribution is -0.148. The number of nitrogens with zero attached hydrogens (tertiary/aromatic N) is 3. The van der Waals surface area contributed by atoms with Crippen molar-refractivity contribution in [2.75, 3.05) is 31.2 Å². The number of carbonyl (C=O) groups excluding carboxylic acids is 2. The zero-order chi connectivity index (χ0) is 28.4. The van der Waals surface area contributed by atoms with Crippen LogP contribution in [0.15, 0.2) is 60.8 Å². The van der Waals surface area contributed by atoms with Crippen LogP contribution in [0, 0.1) is 5.41 Å². The van der Waals surface area contributed by atoms with Gasteiger partial charge in [0.25, 0.3) is 11.8 Å². The number of hydrogen-bond acceptors (Lipinski definition) is 6. The van der Waals surface area contributed by atoms with Gasteiger partial charge in [-0.25, -0.2) is 4.98 Å². The molecule has 9 nitrogen and oxygen atoms in total. The predicted molar refractivity (Wildman–Crippen MR) is 150 cm³/mol. The summed E-state index contributed by atoms with van der Waals surface area (Å²) >= 11 is 6.13. The van der Waals surface area contributed by atoms with Crippen LogP contribution in [0.3, 0.4) is 0 Å². The molecular formula is C30H30ClN3O6. The number of carboxylic acid groups (broad SMARTS) is 1. The zero-order valence-electron chi connectivity index (χ0n) is 22.3. The van der Waals surface area contributed by atoms with Gasteiger partial charge in [0, 0.05) is 36.5 Å². The van der Waals surface area contributed by atoms with Crippen LogP contribution in [0.4, 0.5) is 5.69 Å². The molecule has 2 aliphatic rings. The van der Waals surface area contributed by atoms with Gasteiger partial charge in [0.15, 0.2) is 6.61 Å². The summed E-state index contributed by atoms with van der Waals surface area (Å²) in [7, 11) is 0. The minimum absolute atomic E-state index is 0.0249. The topological polar surface area (TPSA) is 109 Å². The molecule has 3 heterocycles. The molecule has 1 fully saturated rings. The second-order valence-electron chi connectivity index (χ2n) is 10.6. The largest absolute Gasteiger partial charge is 0.492 e. The number of anilines is 1. The maximum Gasteiger partial charge on any atom is 0.312 e. The van der Waals surface area contributed by atoms with Gasteiger partial charge in [-0.3, -0.25) is 14.4 Å². The average molecular weight is 564 g/mol. The van der Waals surface area contributed by atoms with Crippen LogP contribution in [0.2, 0.25) is 5.02 Å². The quantitative estimate of drug-likeness (QED) is 0.434. The summed E-state index contributed by atoms with van der Waals surface area (Å²) in [6.45, 7) is 4.21. The summed E-state index contributed by atoms with van der Waals surface area (Å²) in [5.41, 5.74) is 1.78. The van der Waals surface area contributed by atoms with E-state index in [2.05, 4.69) is 4.98 Å². The van der Waals surface area contributed by atoms with Crippen molar-refractivity contribution in [3.63, 3.8) is 0 Å². The van der Waals surface area contributed by atoms with E-state index >= 15 is 0 Å². The third-order valence-electron chi connectivity index (χ3n) is 7.27. The van der Waals surface area contributed by atoms with Gasteiger partial charge in [-0.05, 0) is 56.5 Å². The molecule has 0 saturated carbocycles. The van der Waals surface area contributed by atoms with Gasteiger partial charge < -0.3 is 24.4 Å². The normalized spacial score (nSPS) is 15.8.